The first kappa shape index (κ1) is 43.3. The molecule has 0 heterocycles. The summed E-state index contributed by atoms with van der Waals surface area (Å²) in [6.07, 6.45) is 19.6. The molecule has 0 unspecified atom stereocenters. The number of hydrogen-bond donors (Lipinski definition) is 5. The fourth-order valence-electron chi connectivity index (χ4n) is 4.75. The van der Waals surface area contributed by atoms with Crippen molar-refractivity contribution in [3.05, 3.63) is 0 Å². The Labute approximate surface area is 277 Å². The summed E-state index contributed by atoms with van der Waals surface area (Å²) in [7, 11) is 0. The third-order valence-electron chi connectivity index (χ3n) is 7.37. The number of ether oxygens (including phenoxy) is 2. The van der Waals surface area contributed by atoms with E-state index in [-0.39, 0.29) is 30.2 Å². The molecule has 0 aromatic heterocycles. The SMILES string of the molecule is CC(=O)COCCOCCNC(=O)NCCCCNC(=O)CCCNC(=O)CCCCCCCCCCCCCCCCC(=O)O. The topological polar surface area (TPSA) is 172 Å². The minimum atomic E-state index is -0.691. The predicted octanol–water partition coefficient (Wildman–Crippen LogP) is 5.03. The smallest absolute Gasteiger partial charge is 0.314 e. The Kier molecular flexibility index (Phi) is 31.6. The molecule has 0 aromatic carbocycles. The standard InChI is InChI=1S/C34H64N4O8/c1-30(39)29-46-28-27-45-26-25-38-34(44)37-23-17-16-22-35-32(41)20-18-24-36-31(40)19-14-12-10-8-6-4-2-3-5-7-9-11-13-15-21-33(42)43/h2-29H2,1H3,(H,35,41)(H,36,40)(H,42,43)(H2,37,38,44). The Morgan fingerprint density at radius 3 is 1.39 bits per heavy atom. The number of carbonyl (C=O) groups is 5. The van der Waals surface area contributed by atoms with E-state index < -0.39 is 5.97 Å². The van der Waals surface area contributed by atoms with Gasteiger partial charge in [0.05, 0.1) is 19.8 Å². The molecule has 0 fully saturated rings. The van der Waals surface area contributed by atoms with Gasteiger partial charge in [0, 0.05) is 45.4 Å². The van der Waals surface area contributed by atoms with Crippen LogP contribution in [0.1, 0.15) is 135 Å². The molecule has 0 spiro atoms. The van der Waals surface area contributed by atoms with Crippen molar-refractivity contribution in [1.82, 2.24) is 21.3 Å². The van der Waals surface area contributed by atoms with Gasteiger partial charge in [0.2, 0.25) is 11.8 Å². The number of carboxylic acids is 1. The summed E-state index contributed by atoms with van der Waals surface area (Å²) in [6.45, 7) is 4.55. The molecule has 268 valence electrons. The van der Waals surface area contributed by atoms with Crippen LogP contribution in [0, 0.1) is 0 Å². The first-order chi connectivity index (χ1) is 22.3. The molecule has 0 aliphatic carbocycles. The maximum atomic E-state index is 12.0. The largest absolute Gasteiger partial charge is 0.481 e. The number of ketones is 1. The molecule has 0 bridgehead atoms. The number of urea groups is 1. The number of unbranched alkanes of at least 4 members (excludes halogenated alkanes) is 14. The third-order valence-corrected chi connectivity index (χ3v) is 7.37. The van der Waals surface area contributed by atoms with Gasteiger partial charge in [-0.2, -0.15) is 0 Å². The lowest BCUT2D eigenvalue weighted by Gasteiger charge is -2.09. The Morgan fingerprint density at radius 2 is 0.870 bits per heavy atom. The summed E-state index contributed by atoms with van der Waals surface area (Å²) < 4.78 is 10.4. The highest BCUT2D eigenvalue weighted by atomic mass is 16.5. The zero-order chi connectivity index (χ0) is 33.9. The summed E-state index contributed by atoms with van der Waals surface area (Å²) in [5.74, 6) is -0.695. The van der Waals surface area contributed by atoms with Crippen molar-refractivity contribution in [1.29, 1.82) is 0 Å². The van der Waals surface area contributed by atoms with E-state index in [0.717, 1.165) is 44.9 Å². The third kappa shape index (κ3) is 35.7. The molecule has 0 saturated heterocycles. The van der Waals surface area contributed by atoms with E-state index in [1.165, 1.54) is 64.7 Å². The molecule has 0 radical (unpaired) electrons. The van der Waals surface area contributed by atoms with Crippen molar-refractivity contribution in [3.8, 4) is 0 Å². The van der Waals surface area contributed by atoms with Crippen LogP contribution < -0.4 is 21.3 Å². The van der Waals surface area contributed by atoms with Gasteiger partial charge in [-0.1, -0.05) is 77.0 Å². The molecule has 0 rings (SSSR count). The molecule has 5 N–H and O–H groups in total. The molecular weight excluding hydrogens is 592 g/mol. The van der Waals surface area contributed by atoms with Crippen molar-refractivity contribution >= 4 is 29.6 Å². The number of Topliss-reactive ketones (excluding diaryl/α,β-unsaturated/α-hetero) is 1. The van der Waals surface area contributed by atoms with Crippen molar-refractivity contribution in [2.45, 2.75) is 135 Å². The number of aliphatic carboxylic acids is 1. The van der Waals surface area contributed by atoms with Gasteiger partial charge < -0.3 is 35.8 Å². The fraction of sp³-hybridized carbons (Fsp3) is 0.853. The second-order valence-electron chi connectivity index (χ2n) is 11.9. The van der Waals surface area contributed by atoms with Crippen LogP contribution in [0.5, 0.6) is 0 Å². The molecule has 46 heavy (non-hydrogen) atoms. The number of amides is 4. The lowest BCUT2D eigenvalue weighted by molar-refractivity contribution is -0.137. The molecule has 12 nitrogen and oxygen atoms in total. The lowest BCUT2D eigenvalue weighted by atomic mass is 10.0. The summed E-state index contributed by atoms with van der Waals surface area (Å²) >= 11 is 0. The van der Waals surface area contributed by atoms with Gasteiger partial charge in [-0.25, -0.2) is 4.79 Å². The monoisotopic (exact) mass is 656 g/mol. The van der Waals surface area contributed by atoms with E-state index in [0.29, 0.717) is 71.7 Å². The van der Waals surface area contributed by atoms with Crippen LogP contribution in [0.2, 0.25) is 0 Å². The molecule has 12 heteroatoms. The second-order valence-corrected chi connectivity index (χ2v) is 11.9. The number of rotatable bonds is 34. The van der Waals surface area contributed by atoms with Gasteiger partial charge in [0.1, 0.15) is 6.61 Å². The van der Waals surface area contributed by atoms with Gasteiger partial charge in [-0.05, 0) is 39.0 Å². The lowest BCUT2D eigenvalue weighted by Crippen LogP contribution is -2.38. The Hall–Kier alpha value is -2.73. The highest BCUT2D eigenvalue weighted by Crippen LogP contribution is 2.13. The average molecular weight is 657 g/mol. The van der Waals surface area contributed by atoms with Gasteiger partial charge >= 0.3 is 12.0 Å². The molecule has 0 saturated carbocycles. The maximum Gasteiger partial charge on any atom is 0.314 e. The first-order valence-corrected chi connectivity index (χ1v) is 17.7. The van der Waals surface area contributed by atoms with Crippen LogP contribution in [0.15, 0.2) is 0 Å². The summed E-state index contributed by atoms with van der Waals surface area (Å²) in [4.78, 5) is 56.9. The second kappa shape index (κ2) is 33.6. The zero-order valence-electron chi connectivity index (χ0n) is 28.6. The van der Waals surface area contributed by atoms with E-state index in [1.54, 1.807) is 0 Å². The zero-order valence-corrected chi connectivity index (χ0v) is 28.6. The van der Waals surface area contributed by atoms with Crippen molar-refractivity contribution in [3.63, 3.8) is 0 Å². The number of hydrogen-bond acceptors (Lipinski definition) is 7. The molecular formula is C34H64N4O8. The van der Waals surface area contributed by atoms with Crippen LogP contribution in [0.4, 0.5) is 4.79 Å². The number of carboxylic acid groups (broad SMARTS) is 1. The van der Waals surface area contributed by atoms with Crippen molar-refractivity contribution < 1.29 is 38.6 Å². The summed E-state index contributed by atoms with van der Waals surface area (Å²) in [5.41, 5.74) is 0. The Bertz CT molecular complexity index is 797. The number of nitrogens with one attached hydrogen (secondary N) is 4. The molecule has 0 aromatic rings. The minimum absolute atomic E-state index is 0.0307. The molecule has 0 aliphatic rings. The molecule has 0 aliphatic heterocycles. The van der Waals surface area contributed by atoms with E-state index >= 15 is 0 Å². The normalized spacial score (nSPS) is 10.8. The van der Waals surface area contributed by atoms with E-state index in [1.807, 2.05) is 0 Å². The summed E-state index contributed by atoms with van der Waals surface area (Å²) in [5, 5.41) is 19.9. The van der Waals surface area contributed by atoms with Crippen LogP contribution in [0.25, 0.3) is 0 Å². The highest BCUT2D eigenvalue weighted by Gasteiger charge is 2.04. The first-order valence-electron chi connectivity index (χ1n) is 17.7. The van der Waals surface area contributed by atoms with E-state index in [9.17, 15) is 24.0 Å². The predicted molar refractivity (Wildman–Crippen MR) is 180 cm³/mol. The minimum Gasteiger partial charge on any atom is -0.481 e. The van der Waals surface area contributed by atoms with Gasteiger partial charge in [0.25, 0.3) is 0 Å². The van der Waals surface area contributed by atoms with Gasteiger partial charge in [-0.3, -0.25) is 19.2 Å². The van der Waals surface area contributed by atoms with Crippen LogP contribution in [-0.4, -0.2) is 87.3 Å². The van der Waals surface area contributed by atoms with Gasteiger partial charge in [0.15, 0.2) is 5.78 Å². The van der Waals surface area contributed by atoms with Gasteiger partial charge in [-0.15, -0.1) is 0 Å². The van der Waals surface area contributed by atoms with Crippen LogP contribution in [0.3, 0.4) is 0 Å². The van der Waals surface area contributed by atoms with E-state index in [4.69, 9.17) is 14.6 Å². The van der Waals surface area contributed by atoms with Crippen molar-refractivity contribution in [2.75, 3.05) is 52.6 Å². The molecule has 4 amide bonds. The Balaban J connectivity index is 3.36. The van der Waals surface area contributed by atoms with Crippen LogP contribution in [-0.2, 0) is 28.7 Å². The van der Waals surface area contributed by atoms with Crippen LogP contribution >= 0.6 is 0 Å². The average Bonchev–Trinajstić information content (AvgIpc) is 3.01. The number of carbonyl (C=O) groups excluding carboxylic acids is 4. The quantitative estimate of drug-likeness (QED) is 0.0601. The summed E-state index contributed by atoms with van der Waals surface area (Å²) in [6, 6.07) is -0.267. The molecule has 0 atom stereocenters. The highest BCUT2D eigenvalue weighted by molar-refractivity contribution is 5.77. The fourth-order valence-corrected chi connectivity index (χ4v) is 4.75. The Morgan fingerprint density at radius 1 is 0.457 bits per heavy atom. The van der Waals surface area contributed by atoms with E-state index in [2.05, 4.69) is 21.3 Å². The maximum absolute atomic E-state index is 12.0. The van der Waals surface area contributed by atoms with Crippen molar-refractivity contribution in [2.24, 2.45) is 0 Å².